The average molecular weight is 653 g/mol. The van der Waals surface area contributed by atoms with Crippen LogP contribution in [-0.4, -0.2) is 105 Å². The van der Waals surface area contributed by atoms with Gasteiger partial charge in [-0.2, -0.15) is 9.36 Å². The van der Waals surface area contributed by atoms with Gasteiger partial charge >= 0.3 is 11.9 Å². The van der Waals surface area contributed by atoms with E-state index >= 15 is 0 Å². The van der Waals surface area contributed by atoms with Crippen molar-refractivity contribution in [3.05, 3.63) is 29.0 Å². The Balaban J connectivity index is 1.71. The molecule has 1 fully saturated rings. The van der Waals surface area contributed by atoms with Crippen molar-refractivity contribution < 1.29 is 34.2 Å². The molecule has 3 atom stereocenters. The topological polar surface area (TPSA) is 265 Å². The SMILES string of the molecule is CCCN1C(C2=C(C(=O)O)N3C(=O)C(C=S)(NC(=O)/C(=N\OC(C)(C)C(=O)O)c4nsc(N)n4)[C@@H]3SC2)=NC(N)=CC1N. The van der Waals surface area contributed by atoms with Crippen molar-refractivity contribution in [2.24, 2.45) is 21.6 Å². The molecule has 0 aromatic carbocycles. The van der Waals surface area contributed by atoms with E-state index in [2.05, 4.69) is 24.8 Å². The van der Waals surface area contributed by atoms with Crippen molar-refractivity contribution in [3.63, 3.8) is 0 Å². The van der Waals surface area contributed by atoms with Gasteiger partial charge in [0.2, 0.25) is 17.1 Å². The Morgan fingerprint density at radius 2 is 2.05 bits per heavy atom. The Morgan fingerprint density at radius 3 is 2.60 bits per heavy atom. The second kappa shape index (κ2) is 11.9. The minimum absolute atomic E-state index is 0.0204. The number of thioether (sulfide) groups is 1. The smallest absolute Gasteiger partial charge is 0.353 e. The first-order chi connectivity index (χ1) is 20.2. The maximum atomic E-state index is 13.7. The number of carboxylic acid groups (broad SMARTS) is 2. The highest BCUT2D eigenvalue weighted by Crippen LogP contribution is 2.46. The van der Waals surface area contributed by atoms with Gasteiger partial charge in [0.15, 0.2) is 10.7 Å². The Kier molecular flexibility index (Phi) is 8.77. The average Bonchev–Trinajstić information content (AvgIpc) is 3.37. The van der Waals surface area contributed by atoms with E-state index in [1.807, 2.05) is 6.92 Å². The minimum Gasteiger partial charge on any atom is -0.478 e. The van der Waals surface area contributed by atoms with Gasteiger partial charge in [-0.15, -0.1) is 11.8 Å². The fourth-order valence-corrected chi connectivity index (χ4v) is 6.57. The molecule has 0 bridgehead atoms. The van der Waals surface area contributed by atoms with Gasteiger partial charge in [0.1, 0.15) is 28.9 Å². The van der Waals surface area contributed by atoms with Gasteiger partial charge in [-0.25, -0.2) is 14.6 Å². The Bertz CT molecular complexity index is 1520. The summed E-state index contributed by atoms with van der Waals surface area (Å²) in [5.41, 5.74) is 13.4. The lowest BCUT2D eigenvalue weighted by molar-refractivity contribution is -0.161. The first-order valence-electron chi connectivity index (χ1n) is 12.6. The van der Waals surface area contributed by atoms with E-state index in [0.717, 1.165) is 33.6 Å². The van der Waals surface area contributed by atoms with Gasteiger partial charge in [-0.05, 0) is 26.3 Å². The highest BCUT2D eigenvalue weighted by molar-refractivity contribution is 8.00. The maximum absolute atomic E-state index is 13.7. The summed E-state index contributed by atoms with van der Waals surface area (Å²) in [7, 11) is 0. The Hall–Kier alpha value is -4.14. The predicted octanol–water partition coefficient (Wildman–Crippen LogP) is -0.978. The number of hydrogen-bond acceptors (Lipinski definition) is 16. The molecule has 2 amide bonds. The minimum atomic E-state index is -1.86. The Labute approximate surface area is 258 Å². The number of oxime groups is 1. The van der Waals surface area contributed by atoms with E-state index in [9.17, 15) is 29.4 Å². The van der Waals surface area contributed by atoms with Gasteiger partial charge in [0.05, 0.1) is 0 Å². The van der Waals surface area contributed by atoms with Crippen LogP contribution in [0.15, 0.2) is 33.3 Å². The monoisotopic (exact) mass is 652 g/mol. The molecule has 0 spiro atoms. The lowest BCUT2D eigenvalue weighted by Gasteiger charge is -2.55. The number of carbonyl (C=O) groups is 4. The molecule has 1 saturated heterocycles. The van der Waals surface area contributed by atoms with Crippen LogP contribution in [0.5, 0.6) is 0 Å². The molecule has 1 aromatic rings. The maximum Gasteiger partial charge on any atom is 0.353 e. The van der Waals surface area contributed by atoms with Crippen LogP contribution in [0.1, 0.15) is 33.0 Å². The number of hydrogen-bond donors (Lipinski definition) is 6. The fourth-order valence-electron chi connectivity index (χ4n) is 4.33. The summed E-state index contributed by atoms with van der Waals surface area (Å²) in [6.07, 6.45) is 1.54. The number of anilines is 1. The van der Waals surface area contributed by atoms with Crippen LogP contribution in [0.2, 0.25) is 0 Å². The van der Waals surface area contributed by atoms with Crippen molar-refractivity contribution in [2.75, 3.05) is 18.0 Å². The lowest BCUT2D eigenvalue weighted by Crippen LogP contribution is -2.81. The van der Waals surface area contributed by atoms with Crippen molar-refractivity contribution in [1.29, 1.82) is 0 Å². The number of rotatable bonds is 11. The number of amidine groups is 1. The van der Waals surface area contributed by atoms with Crippen LogP contribution in [0.3, 0.4) is 0 Å². The number of nitrogen functional groups attached to an aromatic ring is 1. The molecular weight excluding hydrogens is 625 g/mol. The molecule has 0 saturated carbocycles. The molecule has 9 N–H and O–H groups in total. The summed E-state index contributed by atoms with van der Waals surface area (Å²) >= 11 is 7.05. The van der Waals surface area contributed by atoms with Crippen LogP contribution in [0.25, 0.3) is 0 Å². The van der Waals surface area contributed by atoms with Gasteiger partial charge in [-0.3, -0.25) is 14.5 Å². The molecule has 1 aromatic heterocycles. The third-order valence-corrected chi connectivity index (χ3v) is 8.78. The molecule has 4 heterocycles. The number of carbonyl (C=O) groups excluding carboxylic acids is 2. The van der Waals surface area contributed by atoms with Gasteiger partial charge in [0.25, 0.3) is 11.8 Å². The zero-order valence-electron chi connectivity index (χ0n) is 23.0. The molecule has 17 nitrogen and oxygen atoms in total. The first-order valence-corrected chi connectivity index (χ1v) is 14.9. The third-order valence-electron chi connectivity index (χ3n) is 6.51. The standard InChI is InChI=1S/C23H28N10O7S3/c1-4-5-32-11(25)6-10(24)27-15(32)9-7-42-19-23(8-41,18(37)33(19)13(9)17(35)36)29-16(34)12(14-28-21(26)43-31-14)30-40-22(2,3)20(38)39/h6,8,11,19H,4-5,7,24-25H2,1-3H3,(H,29,34)(H,35,36)(H,38,39)(H2,26,28,31)/b30-12-/t11?,19-,23?/m0/s1. The highest BCUT2D eigenvalue weighted by Gasteiger charge is 2.65. The third kappa shape index (κ3) is 5.65. The number of nitrogens with two attached hydrogens (primary N) is 3. The predicted molar refractivity (Wildman–Crippen MR) is 161 cm³/mol. The quantitative estimate of drug-likeness (QED) is 0.0726. The molecule has 230 valence electrons. The molecule has 3 aliphatic heterocycles. The van der Waals surface area contributed by atoms with E-state index < -0.39 is 52.1 Å². The summed E-state index contributed by atoms with van der Waals surface area (Å²) in [6, 6.07) is 0. The lowest BCUT2D eigenvalue weighted by atomic mass is 9.87. The second-order valence-corrected chi connectivity index (χ2v) is 12.0. The fraction of sp³-hybridized carbons (Fsp3) is 0.435. The molecule has 20 heteroatoms. The van der Waals surface area contributed by atoms with Crippen molar-refractivity contribution in [1.82, 2.24) is 24.5 Å². The van der Waals surface area contributed by atoms with Crippen molar-refractivity contribution in [3.8, 4) is 0 Å². The molecule has 0 radical (unpaired) electrons. The number of carboxylic acids is 2. The van der Waals surface area contributed by atoms with Crippen LogP contribution < -0.4 is 22.5 Å². The summed E-state index contributed by atoms with van der Waals surface area (Å²) in [5, 5.41) is 25.8. The van der Waals surface area contributed by atoms with E-state index in [0.29, 0.717) is 13.0 Å². The number of β-lactam (4-membered cyclic amide) rings is 1. The summed E-state index contributed by atoms with van der Waals surface area (Å²) < 4.78 is 3.94. The molecule has 4 rings (SSSR count). The Morgan fingerprint density at radius 1 is 1.35 bits per heavy atom. The second-order valence-electron chi connectivity index (χ2n) is 9.93. The van der Waals surface area contributed by atoms with Crippen LogP contribution in [-0.2, 0) is 24.0 Å². The molecule has 0 aliphatic carbocycles. The number of thiocarbonyl (C=S) groups is 1. The van der Waals surface area contributed by atoms with E-state index in [1.54, 1.807) is 4.90 Å². The van der Waals surface area contributed by atoms with Crippen molar-refractivity contribution >= 4 is 81.3 Å². The van der Waals surface area contributed by atoms with E-state index in [1.165, 1.54) is 19.9 Å². The van der Waals surface area contributed by atoms with Crippen molar-refractivity contribution in [2.45, 2.75) is 49.9 Å². The number of aliphatic imine (C=N–C) groups is 1. The molecular formula is C23H28N10O7S3. The number of nitrogens with zero attached hydrogens (tertiary/aromatic N) is 6. The van der Waals surface area contributed by atoms with Gasteiger partial charge < -0.3 is 42.5 Å². The number of aromatic nitrogens is 2. The van der Waals surface area contributed by atoms with Gasteiger partial charge in [-0.1, -0.05) is 24.3 Å². The first kappa shape index (κ1) is 31.8. The molecule has 2 unspecified atom stereocenters. The zero-order chi connectivity index (χ0) is 31.9. The summed E-state index contributed by atoms with van der Waals surface area (Å²) in [4.78, 5) is 67.4. The molecule has 3 aliphatic rings. The van der Waals surface area contributed by atoms with E-state index in [4.69, 9.17) is 34.3 Å². The number of fused-ring (bicyclic) bond motifs is 1. The number of nitrogens with one attached hydrogen (secondary N) is 1. The number of amides is 2. The van der Waals surface area contributed by atoms with Gasteiger partial charge in [0, 0.05) is 34.8 Å². The summed E-state index contributed by atoms with van der Waals surface area (Å²) in [6.45, 7) is 4.77. The normalized spacial score (nSPS) is 24.0. The van der Waals surface area contributed by atoms with Crippen LogP contribution >= 0.6 is 35.5 Å². The summed E-state index contributed by atoms with van der Waals surface area (Å²) in [5.74, 6) is -4.57. The highest BCUT2D eigenvalue weighted by atomic mass is 32.2. The number of aliphatic carboxylic acids is 2. The zero-order valence-corrected chi connectivity index (χ0v) is 25.5. The van der Waals surface area contributed by atoms with Crippen LogP contribution in [0.4, 0.5) is 5.13 Å². The molecule has 43 heavy (non-hydrogen) atoms. The van der Waals surface area contributed by atoms with E-state index in [-0.39, 0.29) is 39.6 Å². The van der Waals surface area contributed by atoms with Crippen LogP contribution in [0, 0.1) is 0 Å². The largest absolute Gasteiger partial charge is 0.478 e.